The van der Waals surface area contributed by atoms with Crippen LogP contribution >= 0.6 is 0 Å². The van der Waals surface area contributed by atoms with Gasteiger partial charge in [-0.2, -0.15) is 0 Å². The van der Waals surface area contributed by atoms with Gasteiger partial charge in [0, 0.05) is 30.9 Å². The molecule has 0 bridgehead atoms. The third kappa shape index (κ3) is 2.80. The molecule has 0 spiro atoms. The van der Waals surface area contributed by atoms with Crippen molar-refractivity contribution in [2.75, 3.05) is 25.0 Å². The summed E-state index contributed by atoms with van der Waals surface area (Å²) in [6.45, 7) is 1.34. The molecule has 1 heterocycles. The fourth-order valence-corrected chi connectivity index (χ4v) is 1.58. The molecule has 1 aliphatic rings. The number of amides is 1. The zero-order chi connectivity index (χ0) is 13.1. The number of anilines is 1. The van der Waals surface area contributed by atoms with Gasteiger partial charge in [0.15, 0.2) is 17.5 Å². The minimum Gasteiger partial charge on any atom is -0.366 e. The Morgan fingerprint density at radius 3 is 2.56 bits per heavy atom. The van der Waals surface area contributed by atoms with Gasteiger partial charge in [0.25, 0.3) is 5.91 Å². The number of ether oxygens (including phenoxy) is 1. The lowest BCUT2D eigenvalue weighted by Gasteiger charge is -2.22. The van der Waals surface area contributed by atoms with Gasteiger partial charge >= 0.3 is 0 Å². The number of rotatable bonds is 2. The van der Waals surface area contributed by atoms with E-state index in [0.717, 1.165) is 0 Å². The average molecular weight is 260 g/mol. The largest absolute Gasteiger partial charge is 0.366 e. The van der Waals surface area contributed by atoms with Crippen molar-refractivity contribution < 1.29 is 22.7 Å². The zero-order valence-electron chi connectivity index (χ0n) is 9.30. The first-order valence-electron chi connectivity index (χ1n) is 5.35. The maximum atomic E-state index is 12.9. The lowest BCUT2D eigenvalue weighted by molar-refractivity contribution is -0.128. The Bertz CT molecular complexity index is 439. The Kier molecular flexibility index (Phi) is 3.83. The molecule has 7 heteroatoms. The highest BCUT2D eigenvalue weighted by Crippen LogP contribution is 2.17. The number of nitrogens with one attached hydrogen (secondary N) is 2. The zero-order valence-corrected chi connectivity index (χ0v) is 9.30. The van der Waals surface area contributed by atoms with Gasteiger partial charge in [-0.3, -0.25) is 4.79 Å². The molecule has 1 amide bonds. The van der Waals surface area contributed by atoms with Gasteiger partial charge in [-0.25, -0.2) is 13.2 Å². The summed E-state index contributed by atoms with van der Waals surface area (Å²) in [7, 11) is 0. The molecule has 0 aromatic heterocycles. The summed E-state index contributed by atoms with van der Waals surface area (Å²) in [5.41, 5.74) is -0.148. The van der Waals surface area contributed by atoms with E-state index in [-0.39, 0.29) is 5.69 Å². The van der Waals surface area contributed by atoms with Crippen molar-refractivity contribution in [2.24, 2.45) is 0 Å². The molecule has 1 unspecified atom stereocenters. The fraction of sp³-hybridized carbons (Fsp3) is 0.364. The Balaban J connectivity index is 2.06. The molecule has 1 aliphatic heterocycles. The molecule has 1 saturated heterocycles. The highest BCUT2D eigenvalue weighted by atomic mass is 19.2. The monoisotopic (exact) mass is 260 g/mol. The van der Waals surface area contributed by atoms with Gasteiger partial charge in [-0.05, 0) is 0 Å². The number of halogens is 3. The van der Waals surface area contributed by atoms with Crippen LogP contribution in [0.5, 0.6) is 0 Å². The highest BCUT2D eigenvalue weighted by molar-refractivity contribution is 5.94. The van der Waals surface area contributed by atoms with Crippen LogP contribution < -0.4 is 10.6 Å². The van der Waals surface area contributed by atoms with Gasteiger partial charge in [0.05, 0.1) is 6.61 Å². The molecule has 0 saturated carbocycles. The van der Waals surface area contributed by atoms with Crippen LogP contribution in [0.2, 0.25) is 0 Å². The number of carbonyl (C=O) groups is 1. The Hall–Kier alpha value is -1.60. The summed E-state index contributed by atoms with van der Waals surface area (Å²) in [6.07, 6.45) is -0.727. The van der Waals surface area contributed by atoms with E-state index in [1.165, 1.54) is 0 Å². The van der Waals surface area contributed by atoms with E-state index in [2.05, 4.69) is 10.6 Å². The van der Waals surface area contributed by atoms with Crippen LogP contribution in [-0.4, -0.2) is 31.7 Å². The Morgan fingerprint density at radius 1 is 1.33 bits per heavy atom. The third-order valence-corrected chi connectivity index (χ3v) is 2.47. The molecule has 1 aromatic rings. The van der Waals surface area contributed by atoms with E-state index in [0.29, 0.717) is 31.8 Å². The van der Waals surface area contributed by atoms with E-state index in [1.807, 2.05) is 0 Å². The van der Waals surface area contributed by atoms with Crippen LogP contribution in [0.3, 0.4) is 0 Å². The SMILES string of the molecule is O=C(Nc1cc(F)c(F)c(F)c1)C1CNCCO1. The van der Waals surface area contributed by atoms with E-state index in [9.17, 15) is 18.0 Å². The van der Waals surface area contributed by atoms with Crippen LogP contribution in [0.25, 0.3) is 0 Å². The van der Waals surface area contributed by atoms with Crippen LogP contribution in [0.15, 0.2) is 12.1 Å². The fourth-order valence-electron chi connectivity index (χ4n) is 1.58. The Morgan fingerprint density at radius 2 is 2.00 bits per heavy atom. The normalized spacial score (nSPS) is 19.6. The summed E-state index contributed by atoms with van der Waals surface area (Å²) in [5, 5.41) is 5.21. The molecule has 4 nitrogen and oxygen atoms in total. The van der Waals surface area contributed by atoms with E-state index >= 15 is 0 Å². The smallest absolute Gasteiger partial charge is 0.254 e. The number of morpholine rings is 1. The second kappa shape index (κ2) is 5.36. The molecule has 0 radical (unpaired) electrons. The quantitative estimate of drug-likeness (QED) is 0.781. The minimum absolute atomic E-state index is 0.148. The molecular formula is C11H11F3N2O2. The topological polar surface area (TPSA) is 50.4 Å². The lowest BCUT2D eigenvalue weighted by atomic mass is 10.2. The third-order valence-electron chi connectivity index (χ3n) is 2.47. The van der Waals surface area contributed by atoms with Crippen molar-refractivity contribution in [3.05, 3.63) is 29.6 Å². The van der Waals surface area contributed by atoms with Crippen LogP contribution in [-0.2, 0) is 9.53 Å². The molecule has 1 fully saturated rings. The number of hydrogen-bond acceptors (Lipinski definition) is 3. The lowest BCUT2D eigenvalue weighted by Crippen LogP contribution is -2.45. The summed E-state index contributed by atoms with van der Waals surface area (Å²) in [5.74, 6) is -4.81. The van der Waals surface area contributed by atoms with Crippen molar-refractivity contribution >= 4 is 11.6 Å². The summed E-state index contributed by atoms with van der Waals surface area (Å²) in [4.78, 5) is 11.7. The van der Waals surface area contributed by atoms with E-state index in [4.69, 9.17) is 4.74 Å². The summed E-state index contributed by atoms with van der Waals surface area (Å²) in [6, 6.07) is 1.43. The predicted molar refractivity (Wildman–Crippen MR) is 57.6 cm³/mol. The van der Waals surface area contributed by atoms with Crippen LogP contribution in [0, 0.1) is 17.5 Å². The maximum Gasteiger partial charge on any atom is 0.254 e. The van der Waals surface area contributed by atoms with Crippen molar-refractivity contribution in [1.29, 1.82) is 0 Å². The number of benzene rings is 1. The second-order valence-corrected chi connectivity index (χ2v) is 3.81. The van der Waals surface area contributed by atoms with Gasteiger partial charge in [-0.1, -0.05) is 0 Å². The van der Waals surface area contributed by atoms with Gasteiger partial charge in [0.2, 0.25) is 0 Å². The average Bonchev–Trinajstić information content (AvgIpc) is 2.37. The molecule has 2 rings (SSSR count). The molecular weight excluding hydrogens is 249 g/mol. The first-order chi connectivity index (χ1) is 8.58. The highest BCUT2D eigenvalue weighted by Gasteiger charge is 2.22. The molecule has 18 heavy (non-hydrogen) atoms. The number of carbonyl (C=O) groups excluding carboxylic acids is 1. The van der Waals surface area contributed by atoms with Crippen molar-refractivity contribution in [3.8, 4) is 0 Å². The standard InChI is InChI=1S/C11H11F3N2O2/c12-7-3-6(4-8(13)10(7)14)16-11(17)9-5-15-1-2-18-9/h3-4,9,15H,1-2,5H2,(H,16,17). The van der Waals surface area contributed by atoms with Crippen LogP contribution in [0.1, 0.15) is 0 Å². The first kappa shape index (κ1) is 12.8. The van der Waals surface area contributed by atoms with Crippen molar-refractivity contribution in [2.45, 2.75) is 6.10 Å². The van der Waals surface area contributed by atoms with E-state index in [1.54, 1.807) is 0 Å². The summed E-state index contributed by atoms with van der Waals surface area (Å²) < 4.78 is 43.7. The summed E-state index contributed by atoms with van der Waals surface area (Å²) >= 11 is 0. The molecule has 98 valence electrons. The van der Waals surface area contributed by atoms with E-state index < -0.39 is 29.5 Å². The second-order valence-electron chi connectivity index (χ2n) is 3.81. The van der Waals surface area contributed by atoms with Crippen molar-refractivity contribution in [3.63, 3.8) is 0 Å². The Labute approximate surface area is 101 Å². The molecule has 0 aliphatic carbocycles. The number of hydrogen-bond donors (Lipinski definition) is 2. The predicted octanol–water partition coefficient (Wildman–Crippen LogP) is 1.03. The minimum atomic E-state index is -1.57. The maximum absolute atomic E-state index is 12.9. The van der Waals surface area contributed by atoms with Gasteiger partial charge < -0.3 is 15.4 Å². The first-order valence-corrected chi connectivity index (χ1v) is 5.35. The van der Waals surface area contributed by atoms with Gasteiger partial charge in [-0.15, -0.1) is 0 Å². The molecule has 2 N–H and O–H groups in total. The van der Waals surface area contributed by atoms with Gasteiger partial charge in [0.1, 0.15) is 6.10 Å². The van der Waals surface area contributed by atoms with Crippen molar-refractivity contribution in [1.82, 2.24) is 5.32 Å². The molecule has 1 atom stereocenters. The molecule has 1 aromatic carbocycles. The van der Waals surface area contributed by atoms with Crippen LogP contribution in [0.4, 0.5) is 18.9 Å².